The Balaban J connectivity index is 1.34. The molecule has 1 amide bonds. The Morgan fingerprint density at radius 3 is 2.46 bits per heavy atom. The number of esters is 1. The summed E-state index contributed by atoms with van der Waals surface area (Å²) in [7, 11) is 0. The summed E-state index contributed by atoms with van der Waals surface area (Å²) in [5.41, 5.74) is 3.24. The monoisotopic (exact) mass is 554 g/mol. The lowest BCUT2D eigenvalue weighted by molar-refractivity contribution is -0.384. The van der Waals surface area contributed by atoms with Crippen molar-refractivity contribution in [3.63, 3.8) is 0 Å². The molecule has 0 spiro atoms. The minimum absolute atomic E-state index is 0.0340. The Morgan fingerprint density at radius 2 is 1.73 bits per heavy atom. The van der Waals surface area contributed by atoms with Gasteiger partial charge < -0.3 is 19.4 Å². The maximum Gasteiger partial charge on any atom is 0.338 e. The normalized spacial score (nSPS) is 13.5. The minimum atomic E-state index is -0.508. The van der Waals surface area contributed by atoms with E-state index in [1.54, 1.807) is 37.3 Å². The Bertz CT molecular complexity index is 1540. The molecule has 0 saturated carbocycles. The van der Waals surface area contributed by atoms with E-state index < -0.39 is 16.8 Å². The van der Waals surface area contributed by atoms with Crippen molar-refractivity contribution in [1.29, 1.82) is 0 Å². The molecular weight excluding hydrogens is 524 g/mol. The number of piperazine rings is 1. The van der Waals surface area contributed by atoms with Crippen molar-refractivity contribution in [1.82, 2.24) is 4.90 Å². The van der Waals surface area contributed by atoms with Crippen LogP contribution in [-0.4, -0.2) is 54.5 Å². The molecular formula is C31H30N4O6. The number of amides is 1. The number of nitrogens with zero attached hydrogens (tertiary/aromatic N) is 3. The Kier molecular flexibility index (Phi) is 8.40. The Morgan fingerprint density at radius 1 is 0.951 bits per heavy atom. The molecule has 1 N–H and O–H groups in total. The van der Waals surface area contributed by atoms with Crippen LogP contribution in [0.15, 0.2) is 89.3 Å². The van der Waals surface area contributed by atoms with Crippen molar-refractivity contribution in [3.05, 3.63) is 112 Å². The molecule has 0 unspecified atom stereocenters. The maximum absolute atomic E-state index is 13.3. The van der Waals surface area contributed by atoms with Crippen LogP contribution < -0.4 is 10.2 Å². The maximum atomic E-state index is 13.3. The highest BCUT2D eigenvalue weighted by molar-refractivity contribution is 6.05. The first-order valence-electron chi connectivity index (χ1n) is 13.4. The summed E-state index contributed by atoms with van der Waals surface area (Å²) < 4.78 is 10.9. The number of nitro benzene ring substituents is 1. The van der Waals surface area contributed by atoms with Crippen molar-refractivity contribution in [2.45, 2.75) is 13.5 Å². The molecule has 1 saturated heterocycles. The molecule has 2 heterocycles. The molecule has 210 valence electrons. The first kappa shape index (κ1) is 27.6. The number of benzene rings is 3. The molecule has 0 radical (unpaired) electrons. The molecule has 1 fully saturated rings. The van der Waals surface area contributed by atoms with Crippen LogP contribution in [0.5, 0.6) is 0 Å². The quantitative estimate of drug-likeness (QED) is 0.161. The van der Waals surface area contributed by atoms with Crippen LogP contribution >= 0.6 is 0 Å². The fraction of sp³-hybridized carbons (Fsp3) is 0.226. The SMILES string of the molecule is CCOC(=O)c1ccc(N2CCN(Cc3ccccc3)CC2)c(NC(=O)c2ccc(-c3cccc([N+](=O)[O-])c3)o2)c1. The molecule has 1 aromatic heterocycles. The summed E-state index contributed by atoms with van der Waals surface area (Å²) in [6.45, 7) is 6.00. The molecule has 41 heavy (non-hydrogen) atoms. The van der Waals surface area contributed by atoms with E-state index in [0.29, 0.717) is 22.6 Å². The van der Waals surface area contributed by atoms with Crippen LogP contribution in [0.3, 0.4) is 0 Å². The third-order valence-corrected chi connectivity index (χ3v) is 6.89. The molecule has 1 aliphatic rings. The van der Waals surface area contributed by atoms with Crippen LogP contribution in [0.1, 0.15) is 33.4 Å². The lowest BCUT2D eigenvalue weighted by atomic mass is 10.1. The number of rotatable bonds is 9. The first-order chi connectivity index (χ1) is 19.9. The van der Waals surface area contributed by atoms with Gasteiger partial charge in [0.05, 0.1) is 28.5 Å². The van der Waals surface area contributed by atoms with E-state index in [0.717, 1.165) is 38.4 Å². The standard InChI is InChI=1S/C31H30N4O6/c1-2-40-31(37)24-11-12-27(34-17-15-33(16-18-34)21-22-7-4-3-5-8-22)26(20-24)32-30(36)29-14-13-28(41-29)23-9-6-10-25(19-23)35(38)39/h3-14,19-20H,2,15-18,21H2,1H3,(H,32,36). The number of hydrogen-bond donors (Lipinski definition) is 1. The molecule has 3 aromatic carbocycles. The van der Waals surface area contributed by atoms with Crippen molar-refractivity contribution in [3.8, 4) is 11.3 Å². The zero-order valence-electron chi connectivity index (χ0n) is 22.6. The Labute approximate surface area is 237 Å². The van der Waals surface area contributed by atoms with Gasteiger partial charge >= 0.3 is 5.97 Å². The molecule has 4 aromatic rings. The van der Waals surface area contributed by atoms with Crippen molar-refractivity contribution in [2.75, 3.05) is 43.0 Å². The summed E-state index contributed by atoms with van der Waals surface area (Å²) in [6.07, 6.45) is 0. The summed E-state index contributed by atoms with van der Waals surface area (Å²) >= 11 is 0. The number of ether oxygens (including phenoxy) is 1. The number of non-ortho nitro benzene ring substituents is 1. The summed E-state index contributed by atoms with van der Waals surface area (Å²) in [5, 5.41) is 14.1. The van der Waals surface area contributed by atoms with Crippen molar-refractivity contribution >= 4 is 28.9 Å². The lowest BCUT2D eigenvalue weighted by Crippen LogP contribution is -2.46. The number of anilines is 2. The summed E-state index contributed by atoms with van der Waals surface area (Å²) in [5.74, 6) is -0.625. The van der Waals surface area contributed by atoms with E-state index in [1.807, 2.05) is 24.3 Å². The second-order valence-corrected chi connectivity index (χ2v) is 9.63. The van der Waals surface area contributed by atoms with Gasteiger partial charge in [0, 0.05) is 50.4 Å². The van der Waals surface area contributed by atoms with Gasteiger partial charge in [0.1, 0.15) is 5.76 Å². The second-order valence-electron chi connectivity index (χ2n) is 9.63. The second kappa shape index (κ2) is 12.5. The number of nitrogens with one attached hydrogen (secondary N) is 1. The molecule has 10 nitrogen and oxygen atoms in total. The number of furan rings is 1. The van der Waals surface area contributed by atoms with Gasteiger partial charge in [-0.2, -0.15) is 0 Å². The van der Waals surface area contributed by atoms with E-state index in [-0.39, 0.29) is 18.1 Å². The number of hydrogen-bond acceptors (Lipinski definition) is 8. The van der Waals surface area contributed by atoms with E-state index in [2.05, 4.69) is 27.2 Å². The zero-order valence-corrected chi connectivity index (χ0v) is 22.6. The van der Waals surface area contributed by atoms with E-state index >= 15 is 0 Å². The van der Waals surface area contributed by atoms with Gasteiger partial charge in [-0.25, -0.2) is 4.79 Å². The average molecular weight is 555 g/mol. The van der Waals surface area contributed by atoms with Crippen LogP contribution in [0.4, 0.5) is 17.1 Å². The van der Waals surface area contributed by atoms with Gasteiger partial charge in [0.15, 0.2) is 5.76 Å². The van der Waals surface area contributed by atoms with Crippen molar-refractivity contribution < 1.29 is 23.7 Å². The van der Waals surface area contributed by atoms with Gasteiger partial charge in [-0.1, -0.05) is 42.5 Å². The fourth-order valence-electron chi connectivity index (χ4n) is 4.81. The van der Waals surface area contributed by atoms with Gasteiger partial charge in [-0.05, 0) is 42.8 Å². The topological polar surface area (TPSA) is 118 Å². The van der Waals surface area contributed by atoms with E-state index in [1.165, 1.54) is 23.8 Å². The molecule has 1 aliphatic heterocycles. The number of carbonyl (C=O) groups excluding carboxylic acids is 2. The molecule has 0 atom stereocenters. The highest BCUT2D eigenvalue weighted by Gasteiger charge is 2.23. The third kappa shape index (κ3) is 6.62. The fourth-order valence-corrected chi connectivity index (χ4v) is 4.81. The predicted molar refractivity (Wildman–Crippen MR) is 155 cm³/mol. The molecule has 0 aliphatic carbocycles. The van der Waals surface area contributed by atoms with Crippen molar-refractivity contribution in [2.24, 2.45) is 0 Å². The van der Waals surface area contributed by atoms with Gasteiger partial charge in [-0.15, -0.1) is 0 Å². The van der Waals surface area contributed by atoms with E-state index in [9.17, 15) is 19.7 Å². The molecule has 5 rings (SSSR count). The minimum Gasteiger partial charge on any atom is -0.462 e. The lowest BCUT2D eigenvalue weighted by Gasteiger charge is -2.37. The molecule has 0 bridgehead atoms. The average Bonchev–Trinajstić information content (AvgIpc) is 3.49. The number of nitro groups is 1. The highest BCUT2D eigenvalue weighted by Crippen LogP contribution is 2.31. The first-order valence-corrected chi connectivity index (χ1v) is 13.4. The van der Waals surface area contributed by atoms with Crippen LogP contribution in [0, 0.1) is 10.1 Å². The Hall–Kier alpha value is -4.96. The van der Waals surface area contributed by atoms with Gasteiger partial charge in [-0.3, -0.25) is 19.8 Å². The van der Waals surface area contributed by atoms with Gasteiger partial charge in [0.2, 0.25) is 0 Å². The summed E-state index contributed by atoms with van der Waals surface area (Å²) in [6, 6.07) is 24.6. The van der Waals surface area contributed by atoms with E-state index in [4.69, 9.17) is 9.15 Å². The van der Waals surface area contributed by atoms with Crippen LogP contribution in [0.25, 0.3) is 11.3 Å². The largest absolute Gasteiger partial charge is 0.462 e. The smallest absolute Gasteiger partial charge is 0.338 e. The third-order valence-electron chi connectivity index (χ3n) is 6.89. The zero-order chi connectivity index (χ0) is 28.8. The molecule has 10 heteroatoms. The van der Waals surface area contributed by atoms with Crippen LogP contribution in [0.2, 0.25) is 0 Å². The van der Waals surface area contributed by atoms with Crippen LogP contribution in [-0.2, 0) is 11.3 Å². The predicted octanol–water partition coefficient (Wildman–Crippen LogP) is 5.61. The summed E-state index contributed by atoms with van der Waals surface area (Å²) in [4.78, 5) is 41.0. The van der Waals surface area contributed by atoms with Gasteiger partial charge in [0.25, 0.3) is 11.6 Å². The number of carbonyl (C=O) groups is 2. The highest BCUT2D eigenvalue weighted by atomic mass is 16.6.